The first-order valence-electron chi connectivity index (χ1n) is 29.2. The van der Waals surface area contributed by atoms with Gasteiger partial charge in [0, 0.05) is 33.3 Å². The third kappa shape index (κ3) is 20.0. The highest BCUT2D eigenvalue weighted by atomic mass is 16.6. The molecule has 424 valence electrons. The van der Waals surface area contributed by atoms with Gasteiger partial charge in [0.2, 0.25) is 0 Å². The van der Waals surface area contributed by atoms with Crippen LogP contribution in [-0.4, -0.2) is 94.0 Å². The van der Waals surface area contributed by atoms with Gasteiger partial charge in [0.1, 0.15) is 24.4 Å². The van der Waals surface area contributed by atoms with Crippen molar-refractivity contribution >= 4 is 23.9 Å². The van der Waals surface area contributed by atoms with Crippen LogP contribution in [0.15, 0.2) is 103 Å². The molecule has 4 unspecified atom stereocenters. The van der Waals surface area contributed by atoms with Crippen LogP contribution in [0.1, 0.15) is 203 Å². The highest BCUT2D eigenvalue weighted by Crippen LogP contribution is 2.37. The number of esters is 4. The summed E-state index contributed by atoms with van der Waals surface area (Å²) < 4.78 is 54.6. The van der Waals surface area contributed by atoms with E-state index in [0.717, 1.165) is 107 Å². The van der Waals surface area contributed by atoms with Gasteiger partial charge in [0.15, 0.2) is 18.3 Å². The van der Waals surface area contributed by atoms with Gasteiger partial charge in [0.05, 0.1) is 24.4 Å². The van der Waals surface area contributed by atoms with E-state index in [4.69, 9.17) is 42.6 Å². The third-order valence-electron chi connectivity index (χ3n) is 15.4. The molecule has 2 fully saturated rings. The number of hydrogen-bond acceptors (Lipinski definition) is 13. The Morgan fingerprint density at radius 2 is 0.857 bits per heavy atom. The summed E-state index contributed by atoms with van der Waals surface area (Å²) in [6.45, 7) is 4.06. The molecule has 3 heterocycles. The number of carbonyl (C=O) groups excluding carboxylic acids is 4. The van der Waals surface area contributed by atoms with Crippen molar-refractivity contribution in [2.24, 2.45) is 0 Å². The van der Waals surface area contributed by atoms with E-state index in [9.17, 15) is 19.2 Å². The Labute approximate surface area is 459 Å². The van der Waals surface area contributed by atoms with Gasteiger partial charge >= 0.3 is 23.9 Å². The molecule has 0 aromatic heterocycles. The molecule has 0 bridgehead atoms. The fourth-order valence-corrected chi connectivity index (χ4v) is 11.2. The van der Waals surface area contributed by atoms with E-state index in [2.05, 4.69) is 6.92 Å². The van der Waals surface area contributed by atoms with Gasteiger partial charge < -0.3 is 42.6 Å². The molecule has 3 aromatic rings. The standard InChI is InChI=1S/C64H90O13/c1-6-7-8-9-10-14-17-29-38-52(76-63(67)59(70-4)48-33-24-20-25-34-48)54-40-42-56(74-54)57-43-41-55(75-57)53(77-64(68)60(71-5)49-35-26-21-27-36-49)39-30-18-15-12-11-13-16-28-37-51(45-50-44-46(2)72-61(50)65)73-62(66)58(69-3)47-31-22-19-23-32-47/h19-27,31-36,44,46,51-60H,6-18,28-30,37-43,45H2,1-5H3/t46?,51-,52-,53-,54-,55-,56-,57-,58?,59?,60?/m1/s1. The lowest BCUT2D eigenvalue weighted by atomic mass is 9.99. The molecule has 0 radical (unpaired) electrons. The zero-order valence-electron chi connectivity index (χ0n) is 46.9. The van der Waals surface area contributed by atoms with Crippen molar-refractivity contribution < 1.29 is 61.8 Å². The molecule has 0 spiro atoms. The topological polar surface area (TPSA) is 151 Å². The van der Waals surface area contributed by atoms with Crippen molar-refractivity contribution in [2.45, 2.75) is 235 Å². The lowest BCUT2D eigenvalue weighted by Gasteiger charge is -2.28. The SMILES string of the molecule is CCCCCCCCCC[C@@H](OC(=O)C(OC)c1ccccc1)[C@H]1CC[C@H]([C@H]2CC[C@H]([C@@H](CCCCCCCCCC[C@H](CC3=CC(C)OC3=O)OC(=O)C(OC)c3ccccc3)OC(=O)C(OC)c3ccccc3)O2)O1. The lowest BCUT2D eigenvalue weighted by molar-refractivity contribution is -0.177. The highest BCUT2D eigenvalue weighted by molar-refractivity contribution is 5.91. The minimum Gasteiger partial charge on any atom is -0.460 e. The first-order chi connectivity index (χ1) is 37.6. The first-order valence-corrected chi connectivity index (χ1v) is 29.2. The van der Waals surface area contributed by atoms with E-state index in [-0.39, 0.29) is 36.5 Å². The van der Waals surface area contributed by atoms with Crippen LogP contribution < -0.4 is 0 Å². The van der Waals surface area contributed by atoms with Crippen LogP contribution in [0.25, 0.3) is 0 Å². The van der Waals surface area contributed by atoms with Gasteiger partial charge in [-0.1, -0.05) is 181 Å². The molecule has 0 N–H and O–H groups in total. The molecule has 2 saturated heterocycles. The number of carbonyl (C=O) groups is 4. The Kier molecular flexibility index (Phi) is 27.2. The number of benzene rings is 3. The number of hydrogen-bond donors (Lipinski definition) is 0. The van der Waals surface area contributed by atoms with Crippen LogP contribution in [0.5, 0.6) is 0 Å². The molecular formula is C64H90O13. The Bertz CT molecular complexity index is 2190. The van der Waals surface area contributed by atoms with Gasteiger partial charge in [-0.15, -0.1) is 0 Å². The van der Waals surface area contributed by atoms with Crippen LogP contribution in [0.3, 0.4) is 0 Å². The molecule has 13 nitrogen and oxygen atoms in total. The van der Waals surface area contributed by atoms with Gasteiger partial charge in [0.25, 0.3) is 0 Å². The average molecular weight is 1070 g/mol. The number of methoxy groups -OCH3 is 3. The molecule has 13 heteroatoms. The lowest BCUT2D eigenvalue weighted by Crippen LogP contribution is -2.37. The average Bonchev–Trinajstić information content (AvgIpc) is 4.21. The smallest absolute Gasteiger partial charge is 0.340 e. The maximum atomic E-state index is 13.9. The molecular weight excluding hydrogens is 977 g/mol. The van der Waals surface area contributed by atoms with Crippen LogP contribution in [0.4, 0.5) is 0 Å². The summed E-state index contributed by atoms with van der Waals surface area (Å²) in [6.07, 6.45) is 19.5. The van der Waals surface area contributed by atoms with Crippen molar-refractivity contribution in [1.82, 2.24) is 0 Å². The van der Waals surface area contributed by atoms with Gasteiger partial charge in [-0.2, -0.15) is 0 Å². The van der Waals surface area contributed by atoms with Crippen molar-refractivity contribution in [2.75, 3.05) is 21.3 Å². The van der Waals surface area contributed by atoms with E-state index in [1.807, 2.05) is 104 Å². The summed E-state index contributed by atoms with van der Waals surface area (Å²) in [7, 11) is 4.57. The summed E-state index contributed by atoms with van der Waals surface area (Å²) in [5, 5.41) is 0. The second-order valence-corrected chi connectivity index (χ2v) is 21.3. The van der Waals surface area contributed by atoms with Crippen molar-refractivity contribution in [3.8, 4) is 0 Å². The van der Waals surface area contributed by atoms with Crippen LogP contribution >= 0.6 is 0 Å². The Morgan fingerprint density at radius 3 is 1.22 bits per heavy atom. The minimum absolute atomic E-state index is 0.166. The highest BCUT2D eigenvalue weighted by Gasteiger charge is 2.44. The van der Waals surface area contributed by atoms with Gasteiger partial charge in [-0.05, 0) is 93.9 Å². The predicted molar refractivity (Wildman–Crippen MR) is 296 cm³/mol. The van der Waals surface area contributed by atoms with E-state index >= 15 is 0 Å². The maximum Gasteiger partial charge on any atom is 0.340 e. The molecule has 0 amide bonds. The van der Waals surface area contributed by atoms with Crippen LogP contribution in [-0.2, 0) is 61.8 Å². The molecule has 3 aliphatic rings. The summed E-state index contributed by atoms with van der Waals surface area (Å²) in [6, 6.07) is 28.2. The van der Waals surface area contributed by atoms with E-state index < -0.39 is 54.5 Å². The Balaban J connectivity index is 0.987. The number of cyclic esters (lactones) is 1. The van der Waals surface area contributed by atoms with Crippen LogP contribution in [0.2, 0.25) is 0 Å². The Hall–Kier alpha value is -4.92. The second kappa shape index (κ2) is 34.2. The molecule has 0 saturated carbocycles. The number of rotatable bonds is 37. The number of ether oxygens (including phenoxy) is 9. The van der Waals surface area contributed by atoms with Crippen LogP contribution in [0, 0.1) is 0 Å². The zero-order chi connectivity index (χ0) is 54.6. The predicted octanol–water partition coefficient (Wildman–Crippen LogP) is 13.7. The van der Waals surface area contributed by atoms with E-state index in [1.165, 1.54) is 52.7 Å². The zero-order valence-corrected chi connectivity index (χ0v) is 46.9. The number of unbranched alkanes of at least 4 members (excludes halogenated alkanes) is 14. The quantitative estimate of drug-likeness (QED) is 0.0306. The van der Waals surface area contributed by atoms with Crippen molar-refractivity contribution in [3.05, 3.63) is 119 Å². The largest absolute Gasteiger partial charge is 0.460 e. The summed E-state index contributed by atoms with van der Waals surface area (Å²) in [4.78, 5) is 53.5. The van der Waals surface area contributed by atoms with E-state index in [0.29, 0.717) is 30.4 Å². The Morgan fingerprint density at radius 1 is 0.494 bits per heavy atom. The summed E-state index contributed by atoms with van der Waals surface area (Å²) in [5.41, 5.74) is 2.75. The molecule has 11 atom stereocenters. The normalized spacial score (nSPS) is 21.6. The van der Waals surface area contributed by atoms with Gasteiger partial charge in [-0.3, -0.25) is 0 Å². The monoisotopic (exact) mass is 1070 g/mol. The fraction of sp³-hybridized carbons (Fsp3) is 0.625. The maximum absolute atomic E-state index is 13.9. The van der Waals surface area contributed by atoms with Gasteiger partial charge in [-0.25, -0.2) is 19.2 Å². The third-order valence-corrected chi connectivity index (χ3v) is 15.4. The fourth-order valence-electron chi connectivity index (χ4n) is 11.2. The minimum atomic E-state index is -0.854. The first kappa shape index (κ1) is 61.3. The molecule has 3 aromatic carbocycles. The van der Waals surface area contributed by atoms with Crippen molar-refractivity contribution in [3.63, 3.8) is 0 Å². The summed E-state index contributed by atoms with van der Waals surface area (Å²) in [5.74, 6) is -1.65. The molecule has 3 aliphatic heterocycles. The van der Waals surface area contributed by atoms with E-state index in [1.54, 1.807) is 7.11 Å². The second-order valence-electron chi connectivity index (χ2n) is 21.3. The van der Waals surface area contributed by atoms with Crippen molar-refractivity contribution in [1.29, 1.82) is 0 Å². The molecule has 6 rings (SSSR count). The molecule has 0 aliphatic carbocycles. The summed E-state index contributed by atoms with van der Waals surface area (Å²) >= 11 is 0. The molecule has 77 heavy (non-hydrogen) atoms.